The maximum Gasteiger partial charge on any atom is 0.0610 e. The van der Waals surface area contributed by atoms with Crippen molar-refractivity contribution in [2.24, 2.45) is 5.73 Å². The first-order valence-corrected chi connectivity index (χ1v) is 4.13. The molecule has 0 aliphatic heterocycles. The third kappa shape index (κ3) is 3.34. The fourth-order valence-corrected chi connectivity index (χ4v) is 0.735. The SMILES string of the molecule is C=C(CN)CN(C)C(C)(C)CO. The van der Waals surface area contributed by atoms with Crippen molar-refractivity contribution < 1.29 is 5.11 Å². The van der Waals surface area contributed by atoms with Gasteiger partial charge in [0.15, 0.2) is 0 Å². The summed E-state index contributed by atoms with van der Waals surface area (Å²) in [4.78, 5) is 2.04. The van der Waals surface area contributed by atoms with Crippen LogP contribution in [0.3, 0.4) is 0 Å². The second-order valence-corrected chi connectivity index (χ2v) is 3.78. The van der Waals surface area contributed by atoms with Crippen molar-refractivity contribution in [2.75, 3.05) is 26.7 Å². The Morgan fingerprint density at radius 2 is 2.08 bits per heavy atom. The number of hydrogen-bond donors (Lipinski definition) is 2. The molecule has 3 nitrogen and oxygen atoms in total. The van der Waals surface area contributed by atoms with E-state index in [1.54, 1.807) is 0 Å². The van der Waals surface area contributed by atoms with E-state index in [4.69, 9.17) is 10.8 Å². The lowest BCUT2D eigenvalue weighted by Gasteiger charge is -2.34. The highest BCUT2D eigenvalue weighted by Gasteiger charge is 2.21. The minimum Gasteiger partial charge on any atom is -0.394 e. The van der Waals surface area contributed by atoms with Crippen LogP contribution in [0.5, 0.6) is 0 Å². The summed E-state index contributed by atoms with van der Waals surface area (Å²) in [6.07, 6.45) is 0. The van der Waals surface area contributed by atoms with Crippen molar-refractivity contribution in [3.05, 3.63) is 12.2 Å². The lowest BCUT2D eigenvalue weighted by molar-refractivity contribution is 0.0865. The third-order valence-corrected chi connectivity index (χ3v) is 2.17. The molecule has 0 aromatic carbocycles. The summed E-state index contributed by atoms with van der Waals surface area (Å²) < 4.78 is 0. The van der Waals surface area contributed by atoms with Gasteiger partial charge in [-0.15, -0.1) is 0 Å². The molecule has 0 aromatic rings. The fraction of sp³-hybridized carbons (Fsp3) is 0.778. The Labute approximate surface area is 74.9 Å². The van der Waals surface area contributed by atoms with E-state index in [-0.39, 0.29) is 12.1 Å². The van der Waals surface area contributed by atoms with Gasteiger partial charge in [0.1, 0.15) is 0 Å². The Bertz CT molecular complexity index is 155. The van der Waals surface area contributed by atoms with Crippen LogP contribution in [0, 0.1) is 0 Å². The van der Waals surface area contributed by atoms with Crippen LogP contribution in [-0.2, 0) is 0 Å². The van der Waals surface area contributed by atoms with E-state index in [1.165, 1.54) is 0 Å². The lowest BCUT2D eigenvalue weighted by Crippen LogP contribution is -2.45. The van der Waals surface area contributed by atoms with E-state index in [9.17, 15) is 0 Å². The topological polar surface area (TPSA) is 49.5 Å². The number of aliphatic hydroxyl groups excluding tert-OH is 1. The lowest BCUT2D eigenvalue weighted by atomic mass is 10.0. The van der Waals surface area contributed by atoms with Gasteiger partial charge < -0.3 is 10.8 Å². The summed E-state index contributed by atoms with van der Waals surface area (Å²) in [5.41, 5.74) is 6.21. The zero-order valence-corrected chi connectivity index (χ0v) is 8.30. The van der Waals surface area contributed by atoms with Crippen molar-refractivity contribution in [3.63, 3.8) is 0 Å². The van der Waals surface area contributed by atoms with Crippen LogP contribution in [0.15, 0.2) is 12.2 Å². The number of nitrogens with two attached hydrogens (primary N) is 1. The highest BCUT2D eigenvalue weighted by Crippen LogP contribution is 2.11. The number of aliphatic hydroxyl groups is 1. The molecule has 0 aliphatic rings. The van der Waals surface area contributed by atoms with E-state index in [2.05, 4.69) is 6.58 Å². The van der Waals surface area contributed by atoms with Crippen LogP contribution >= 0.6 is 0 Å². The van der Waals surface area contributed by atoms with Crippen molar-refractivity contribution in [3.8, 4) is 0 Å². The van der Waals surface area contributed by atoms with Crippen LogP contribution in [0.4, 0.5) is 0 Å². The third-order valence-electron chi connectivity index (χ3n) is 2.17. The molecule has 0 saturated carbocycles. The molecule has 0 saturated heterocycles. The predicted octanol–water partition coefficient (Wildman–Crippen LogP) is 0.204. The monoisotopic (exact) mass is 172 g/mol. The molecule has 0 atom stereocenters. The van der Waals surface area contributed by atoms with Gasteiger partial charge in [-0.1, -0.05) is 6.58 Å². The Kier molecular flexibility index (Phi) is 4.45. The van der Waals surface area contributed by atoms with Crippen LogP contribution < -0.4 is 5.73 Å². The zero-order chi connectivity index (χ0) is 9.78. The smallest absolute Gasteiger partial charge is 0.0610 e. The zero-order valence-electron chi connectivity index (χ0n) is 8.30. The Balaban J connectivity index is 4.02. The van der Waals surface area contributed by atoms with E-state index in [0.717, 1.165) is 12.1 Å². The van der Waals surface area contributed by atoms with Gasteiger partial charge in [0.25, 0.3) is 0 Å². The summed E-state index contributed by atoms with van der Waals surface area (Å²) >= 11 is 0. The first-order chi connectivity index (χ1) is 5.44. The molecule has 3 heteroatoms. The largest absolute Gasteiger partial charge is 0.394 e. The molecule has 0 amide bonds. The highest BCUT2D eigenvalue weighted by atomic mass is 16.3. The van der Waals surface area contributed by atoms with Crippen LogP contribution in [0.1, 0.15) is 13.8 Å². The molecule has 3 N–H and O–H groups in total. The Hall–Kier alpha value is -0.380. The van der Waals surface area contributed by atoms with Crippen molar-refractivity contribution in [2.45, 2.75) is 19.4 Å². The van der Waals surface area contributed by atoms with Gasteiger partial charge in [-0.25, -0.2) is 0 Å². The molecular weight excluding hydrogens is 152 g/mol. The van der Waals surface area contributed by atoms with Gasteiger partial charge in [-0.2, -0.15) is 0 Å². The van der Waals surface area contributed by atoms with Crippen LogP contribution in [0.25, 0.3) is 0 Å². The molecule has 0 spiro atoms. The molecule has 0 bridgehead atoms. The van der Waals surface area contributed by atoms with Gasteiger partial charge in [0, 0.05) is 18.6 Å². The summed E-state index contributed by atoms with van der Waals surface area (Å²) in [6.45, 7) is 9.16. The van der Waals surface area contributed by atoms with Crippen LogP contribution in [0.2, 0.25) is 0 Å². The molecule has 0 rings (SSSR count). The quantitative estimate of drug-likeness (QED) is 0.583. The van der Waals surface area contributed by atoms with Crippen molar-refractivity contribution >= 4 is 0 Å². The van der Waals surface area contributed by atoms with Gasteiger partial charge >= 0.3 is 0 Å². The minimum atomic E-state index is -0.196. The minimum absolute atomic E-state index is 0.140. The van der Waals surface area contributed by atoms with E-state index in [0.29, 0.717) is 6.54 Å². The molecule has 0 aromatic heterocycles. The maximum atomic E-state index is 9.05. The molecule has 0 fully saturated rings. The predicted molar refractivity (Wildman–Crippen MR) is 52.0 cm³/mol. The van der Waals surface area contributed by atoms with Gasteiger partial charge in [0.2, 0.25) is 0 Å². The highest BCUT2D eigenvalue weighted by molar-refractivity contribution is 5.00. The van der Waals surface area contributed by atoms with E-state index in [1.807, 2.05) is 25.8 Å². The number of hydrogen-bond acceptors (Lipinski definition) is 3. The number of likely N-dealkylation sites (N-methyl/N-ethyl adjacent to an activating group) is 1. The van der Waals surface area contributed by atoms with Gasteiger partial charge in [-0.05, 0) is 26.5 Å². The second kappa shape index (κ2) is 4.60. The first kappa shape index (κ1) is 11.6. The summed E-state index contributed by atoms with van der Waals surface area (Å²) in [5, 5.41) is 9.05. The van der Waals surface area contributed by atoms with E-state index >= 15 is 0 Å². The first-order valence-electron chi connectivity index (χ1n) is 4.13. The molecule has 0 heterocycles. The average Bonchev–Trinajstić information content (AvgIpc) is 2.04. The Morgan fingerprint density at radius 3 is 2.42 bits per heavy atom. The summed E-state index contributed by atoms with van der Waals surface area (Å²) in [6, 6.07) is 0. The second-order valence-electron chi connectivity index (χ2n) is 3.78. The summed E-state index contributed by atoms with van der Waals surface area (Å²) in [7, 11) is 1.96. The van der Waals surface area contributed by atoms with Crippen LogP contribution in [-0.4, -0.2) is 42.3 Å². The standard InChI is InChI=1S/C9H20N2O/c1-8(5-10)6-11(4)9(2,3)7-12/h12H,1,5-7,10H2,2-4H3. The normalized spacial score (nSPS) is 12.2. The molecule has 12 heavy (non-hydrogen) atoms. The molecule has 72 valence electrons. The maximum absolute atomic E-state index is 9.05. The number of rotatable bonds is 5. The fourth-order valence-electron chi connectivity index (χ4n) is 0.735. The number of nitrogens with zero attached hydrogens (tertiary/aromatic N) is 1. The molecular formula is C9H20N2O. The van der Waals surface area contributed by atoms with Crippen molar-refractivity contribution in [1.82, 2.24) is 4.90 Å². The molecule has 0 radical (unpaired) electrons. The van der Waals surface area contributed by atoms with Crippen molar-refractivity contribution in [1.29, 1.82) is 0 Å². The van der Waals surface area contributed by atoms with Gasteiger partial charge in [-0.3, -0.25) is 4.90 Å². The Morgan fingerprint density at radius 1 is 1.58 bits per heavy atom. The van der Waals surface area contributed by atoms with Gasteiger partial charge in [0.05, 0.1) is 6.61 Å². The van der Waals surface area contributed by atoms with E-state index < -0.39 is 0 Å². The summed E-state index contributed by atoms with van der Waals surface area (Å²) in [5.74, 6) is 0. The average molecular weight is 172 g/mol. The molecule has 0 aliphatic carbocycles. The molecule has 0 unspecified atom stereocenters.